The lowest BCUT2D eigenvalue weighted by Gasteiger charge is -2.39. The van der Waals surface area contributed by atoms with E-state index in [4.69, 9.17) is 44.3 Å². The maximum atomic E-state index is 12.2. The summed E-state index contributed by atoms with van der Waals surface area (Å²) in [7, 11) is 2.09. The number of amides is 1. The smallest absolute Gasteiger partial charge is 0.276 e. The quantitative estimate of drug-likeness (QED) is 0.291. The van der Waals surface area contributed by atoms with Crippen molar-refractivity contribution in [2.24, 2.45) is 0 Å². The number of hydrogen-bond acceptors (Lipinski definition) is 5. The highest BCUT2D eigenvalue weighted by Crippen LogP contribution is 2.39. The van der Waals surface area contributed by atoms with Crippen molar-refractivity contribution in [3.63, 3.8) is 0 Å². The van der Waals surface area contributed by atoms with Crippen molar-refractivity contribution in [2.45, 2.75) is 48.3 Å². The van der Waals surface area contributed by atoms with Gasteiger partial charge in [0.05, 0.1) is 18.8 Å². The molecule has 3 aromatic rings. The minimum atomic E-state index is -2.08. The van der Waals surface area contributed by atoms with Gasteiger partial charge in [0.15, 0.2) is 6.29 Å². The Balaban J connectivity index is 1.56. The highest BCUT2D eigenvalue weighted by molar-refractivity contribution is 6.76. The summed E-state index contributed by atoms with van der Waals surface area (Å²) in [6.07, 6.45) is -0.385. The van der Waals surface area contributed by atoms with E-state index in [9.17, 15) is 9.90 Å². The minimum absolute atomic E-state index is 0.0188. The molecule has 1 fully saturated rings. The molecule has 3 aromatic carbocycles. The molecule has 2 N–H and O–H groups in total. The van der Waals surface area contributed by atoms with Crippen LogP contribution in [-0.4, -0.2) is 39.4 Å². The first-order chi connectivity index (χ1) is 18.1. The lowest BCUT2D eigenvalue weighted by molar-refractivity contribution is -0.253. The molecule has 1 aliphatic heterocycles. The van der Waals surface area contributed by atoms with Gasteiger partial charge in [-0.15, -0.1) is 0 Å². The molecule has 4 atom stereocenters. The van der Waals surface area contributed by atoms with E-state index < -0.39 is 16.0 Å². The Hall–Kier alpha value is -2.16. The van der Waals surface area contributed by atoms with Gasteiger partial charge in [0, 0.05) is 30.3 Å². The summed E-state index contributed by atoms with van der Waals surface area (Å²) in [5.74, 6) is -0.749. The van der Waals surface area contributed by atoms with Crippen LogP contribution in [0.15, 0.2) is 78.9 Å². The van der Waals surface area contributed by atoms with E-state index >= 15 is 0 Å². The number of carbonyl (C=O) groups is 1. The molecular formula is C29H31Cl3N2O4. The van der Waals surface area contributed by atoms with Gasteiger partial charge in [-0.05, 0) is 42.8 Å². The first-order valence-electron chi connectivity index (χ1n) is 12.4. The number of aliphatic hydroxyl groups is 1. The SMILES string of the molecule is CC(c1ccccc1)N(C)CC1CC(c2ccc(CO)cc2)OC(c2cccc(NC(=O)C(Cl)(Cl)Cl)c2)O1. The molecule has 6 nitrogen and oxygen atoms in total. The molecule has 1 amide bonds. The Morgan fingerprint density at radius 2 is 1.74 bits per heavy atom. The molecule has 1 heterocycles. The molecule has 0 spiro atoms. The Bertz CT molecular complexity index is 1200. The zero-order valence-electron chi connectivity index (χ0n) is 21.2. The molecule has 38 heavy (non-hydrogen) atoms. The van der Waals surface area contributed by atoms with Crippen LogP contribution in [0.1, 0.15) is 54.0 Å². The second-order valence-electron chi connectivity index (χ2n) is 9.45. The van der Waals surface area contributed by atoms with E-state index in [1.165, 1.54) is 5.56 Å². The van der Waals surface area contributed by atoms with Gasteiger partial charge in [-0.1, -0.05) is 102 Å². The zero-order chi connectivity index (χ0) is 27.3. The topological polar surface area (TPSA) is 71.0 Å². The van der Waals surface area contributed by atoms with Gasteiger partial charge in [0.2, 0.25) is 0 Å². The minimum Gasteiger partial charge on any atom is -0.392 e. The third-order valence-corrected chi connectivity index (χ3v) is 7.24. The molecule has 0 aromatic heterocycles. The number of nitrogens with one attached hydrogen (secondary N) is 1. The van der Waals surface area contributed by atoms with Gasteiger partial charge in [-0.2, -0.15) is 0 Å². The molecule has 0 bridgehead atoms. The summed E-state index contributed by atoms with van der Waals surface area (Å²) in [5, 5.41) is 12.1. The third kappa shape index (κ3) is 7.48. The summed E-state index contributed by atoms with van der Waals surface area (Å²) < 4.78 is 10.8. The number of likely N-dealkylation sites (N-methyl/N-ethyl adjacent to an activating group) is 1. The molecule has 0 aliphatic carbocycles. The number of hydrogen-bond donors (Lipinski definition) is 2. The molecule has 0 saturated carbocycles. The molecule has 1 aliphatic rings. The Morgan fingerprint density at radius 3 is 2.39 bits per heavy atom. The molecule has 9 heteroatoms. The fourth-order valence-corrected chi connectivity index (χ4v) is 4.61. The fraction of sp³-hybridized carbons (Fsp3) is 0.345. The van der Waals surface area contributed by atoms with Gasteiger partial charge in [-0.3, -0.25) is 9.69 Å². The predicted molar refractivity (Wildman–Crippen MR) is 151 cm³/mol. The number of ether oxygens (including phenoxy) is 2. The number of rotatable bonds is 8. The van der Waals surface area contributed by atoms with Crippen molar-refractivity contribution in [1.82, 2.24) is 4.90 Å². The number of alkyl halides is 3. The summed E-state index contributed by atoms with van der Waals surface area (Å²) in [5.41, 5.74) is 4.26. The molecular weight excluding hydrogens is 547 g/mol. The van der Waals surface area contributed by atoms with Crippen LogP contribution in [0.5, 0.6) is 0 Å². The number of benzene rings is 3. The molecule has 4 unspecified atom stereocenters. The van der Waals surface area contributed by atoms with Gasteiger partial charge in [0.1, 0.15) is 0 Å². The summed E-state index contributed by atoms with van der Waals surface area (Å²) in [6, 6.07) is 25.4. The van der Waals surface area contributed by atoms with Crippen molar-refractivity contribution in [1.29, 1.82) is 0 Å². The van der Waals surface area contributed by atoms with Crippen molar-refractivity contribution >= 4 is 46.4 Å². The van der Waals surface area contributed by atoms with Gasteiger partial charge < -0.3 is 19.9 Å². The zero-order valence-corrected chi connectivity index (χ0v) is 23.5. The van der Waals surface area contributed by atoms with Crippen LogP contribution >= 0.6 is 34.8 Å². The number of carbonyl (C=O) groups excluding carboxylic acids is 1. The van der Waals surface area contributed by atoms with Crippen molar-refractivity contribution in [3.05, 3.63) is 101 Å². The van der Waals surface area contributed by atoms with Crippen LogP contribution in [0.4, 0.5) is 5.69 Å². The second-order valence-corrected chi connectivity index (χ2v) is 11.7. The largest absolute Gasteiger partial charge is 0.392 e. The van der Waals surface area contributed by atoms with E-state index in [1.807, 2.05) is 48.5 Å². The predicted octanol–water partition coefficient (Wildman–Crippen LogP) is 6.73. The molecule has 202 valence electrons. The van der Waals surface area contributed by atoms with Crippen molar-refractivity contribution < 1.29 is 19.4 Å². The van der Waals surface area contributed by atoms with Crippen molar-refractivity contribution in [3.8, 4) is 0 Å². The monoisotopic (exact) mass is 576 g/mol. The number of nitrogens with zero attached hydrogens (tertiary/aromatic N) is 1. The number of aliphatic hydroxyl groups excluding tert-OH is 1. The fourth-order valence-electron chi connectivity index (χ4n) is 4.46. The van der Waals surface area contributed by atoms with Crippen LogP contribution in [-0.2, 0) is 20.9 Å². The van der Waals surface area contributed by atoms with Crippen LogP contribution in [0.3, 0.4) is 0 Å². The Morgan fingerprint density at radius 1 is 1.03 bits per heavy atom. The summed E-state index contributed by atoms with van der Waals surface area (Å²) >= 11 is 17.2. The summed E-state index contributed by atoms with van der Waals surface area (Å²) in [4.78, 5) is 14.4. The summed E-state index contributed by atoms with van der Waals surface area (Å²) in [6.45, 7) is 2.84. The van der Waals surface area contributed by atoms with Crippen molar-refractivity contribution in [2.75, 3.05) is 18.9 Å². The first-order valence-corrected chi connectivity index (χ1v) is 13.5. The maximum absolute atomic E-state index is 12.2. The standard InChI is InChI=1S/C29H31Cl3N2O4/c1-19(21-7-4-3-5-8-21)34(2)17-25-16-26(22-13-11-20(18-35)12-14-22)38-27(37-25)23-9-6-10-24(15-23)33-28(36)29(30,31)32/h3-15,19,25-27,35H,16-18H2,1-2H3,(H,33,36). The molecule has 4 rings (SSSR count). The Kier molecular flexibility index (Phi) is 9.71. The van der Waals surface area contributed by atoms with E-state index in [-0.39, 0.29) is 24.9 Å². The average molecular weight is 578 g/mol. The number of halogens is 3. The van der Waals surface area contributed by atoms with Crippen LogP contribution in [0.25, 0.3) is 0 Å². The highest BCUT2D eigenvalue weighted by Gasteiger charge is 2.34. The van der Waals surface area contributed by atoms with E-state index in [2.05, 4.69) is 36.3 Å². The first kappa shape index (κ1) is 28.8. The normalized spacial score (nSPS) is 20.8. The average Bonchev–Trinajstić information content (AvgIpc) is 2.92. The maximum Gasteiger partial charge on any atom is 0.276 e. The molecule has 0 radical (unpaired) electrons. The second kappa shape index (κ2) is 12.8. The van der Waals surface area contributed by atoms with Crippen LogP contribution < -0.4 is 5.32 Å². The van der Waals surface area contributed by atoms with Gasteiger partial charge in [0.25, 0.3) is 9.70 Å². The van der Waals surface area contributed by atoms with Gasteiger partial charge in [-0.25, -0.2) is 0 Å². The van der Waals surface area contributed by atoms with Gasteiger partial charge >= 0.3 is 0 Å². The van der Waals surface area contributed by atoms with E-state index in [0.717, 1.165) is 16.7 Å². The van der Waals surface area contributed by atoms with E-state index in [0.29, 0.717) is 18.7 Å². The lowest BCUT2D eigenvalue weighted by Crippen LogP contribution is -2.38. The van der Waals surface area contributed by atoms with E-state index in [1.54, 1.807) is 18.2 Å². The van der Waals surface area contributed by atoms with Crippen LogP contribution in [0, 0.1) is 0 Å². The molecule has 1 saturated heterocycles. The highest BCUT2D eigenvalue weighted by atomic mass is 35.6. The number of anilines is 1. The third-order valence-electron chi connectivity index (χ3n) is 6.72. The Labute approximate surface area is 238 Å². The van der Waals surface area contributed by atoms with Crippen LogP contribution in [0.2, 0.25) is 0 Å². The lowest BCUT2D eigenvalue weighted by atomic mass is 9.99.